The molecular formula is C35H35N5O7. The van der Waals surface area contributed by atoms with Gasteiger partial charge in [0.1, 0.15) is 0 Å². The molecule has 6 N–H and O–H groups in total. The lowest BCUT2D eigenvalue weighted by Crippen LogP contribution is -2.50. The number of benzene rings is 3. The molecule has 0 aliphatic carbocycles. The molecule has 3 amide bonds. The highest BCUT2D eigenvalue weighted by atomic mass is 16.4. The molecule has 3 aliphatic heterocycles. The van der Waals surface area contributed by atoms with E-state index >= 15 is 0 Å². The van der Waals surface area contributed by atoms with Crippen molar-refractivity contribution in [1.29, 1.82) is 0 Å². The fraction of sp³-hybridized carbons (Fsp3) is 0.286. The van der Waals surface area contributed by atoms with Gasteiger partial charge in [-0.3, -0.25) is 14.4 Å². The van der Waals surface area contributed by atoms with Crippen LogP contribution in [0.4, 0.5) is 5.69 Å². The Bertz CT molecular complexity index is 1810. The van der Waals surface area contributed by atoms with E-state index < -0.39 is 29.7 Å². The first-order chi connectivity index (χ1) is 22.7. The van der Waals surface area contributed by atoms with Crippen LogP contribution < -0.4 is 16.0 Å². The summed E-state index contributed by atoms with van der Waals surface area (Å²) in [5.41, 5.74) is 1.03. The van der Waals surface area contributed by atoms with E-state index in [2.05, 4.69) is 25.8 Å². The lowest BCUT2D eigenvalue weighted by atomic mass is 9.79. The van der Waals surface area contributed by atoms with Gasteiger partial charge in [0.25, 0.3) is 11.8 Å². The van der Waals surface area contributed by atoms with Crippen molar-refractivity contribution in [2.75, 3.05) is 38.0 Å². The van der Waals surface area contributed by atoms with Crippen LogP contribution in [0.3, 0.4) is 0 Å². The van der Waals surface area contributed by atoms with Gasteiger partial charge in [-0.05, 0) is 79.7 Å². The van der Waals surface area contributed by atoms with E-state index in [0.717, 1.165) is 43.9 Å². The smallest absolute Gasteiger partial charge is 0.335 e. The second-order valence-corrected chi connectivity index (χ2v) is 12.1. The molecule has 3 aromatic carbocycles. The molecule has 12 nitrogen and oxygen atoms in total. The van der Waals surface area contributed by atoms with Crippen molar-refractivity contribution in [3.8, 4) is 0 Å². The number of anilines is 1. The van der Waals surface area contributed by atoms with E-state index in [1.54, 1.807) is 54.7 Å². The molecule has 1 aromatic heterocycles. The number of carboxylic acids is 2. The Hall–Kier alpha value is -5.49. The number of hydrogen-bond acceptors (Lipinski definition) is 6. The number of carbonyl (C=O) groups is 5. The van der Waals surface area contributed by atoms with Gasteiger partial charge < -0.3 is 36.0 Å². The molecule has 3 aliphatic rings. The summed E-state index contributed by atoms with van der Waals surface area (Å²) in [6.45, 7) is 3.51. The molecule has 7 rings (SSSR count). The summed E-state index contributed by atoms with van der Waals surface area (Å²) in [5.74, 6) is -4.18. The standard InChI is InChI=1S/C35H35N5O7/c41-31(27-15-22-6-9-36-30(22)16-28(27)32(42)37-17-25-19-40-10-7-20(25)8-11-40)38-18-29(21-4-2-1-3-5-21)33(43)39-26-13-23(34(44)45)12-24(14-26)35(46)47/h1-6,9,12-16,20,25,29,36H,7-8,10-11,17-19H2,(H,37,42)(H,38,41)(H,39,43)(H,44,45)(H,46,47). The zero-order valence-corrected chi connectivity index (χ0v) is 25.5. The minimum atomic E-state index is -1.35. The third-order valence-electron chi connectivity index (χ3n) is 9.18. The van der Waals surface area contributed by atoms with Gasteiger partial charge in [-0.2, -0.15) is 0 Å². The third-order valence-corrected chi connectivity index (χ3v) is 9.18. The highest BCUT2D eigenvalue weighted by Gasteiger charge is 2.34. The number of aromatic carboxylic acids is 2. The van der Waals surface area contributed by atoms with Crippen LogP contribution in [0.2, 0.25) is 0 Å². The Kier molecular flexibility index (Phi) is 9.03. The molecule has 3 saturated heterocycles. The number of nitrogens with zero attached hydrogens (tertiary/aromatic N) is 1. The van der Waals surface area contributed by atoms with Crippen LogP contribution in [0.25, 0.3) is 10.9 Å². The first kappa shape index (κ1) is 31.5. The van der Waals surface area contributed by atoms with E-state index in [1.165, 1.54) is 12.1 Å². The molecule has 2 unspecified atom stereocenters. The van der Waals surface area contributed by atoms with Crippen LogP contribution in [0.1, 0.15) is 65.8 Å². The van der Waals surface area contributed by atoms with Gasteiger partial charge >= 0.3 is 11.9 Å². The van der Waals surface area contributed by atoms with Crippen LogP contribution >= 0.6 is 0 Å². The van der Waals surface area contributed by atoms with Gasteiger partial charge in [0.05, 0.1) is 28.2 Å². The molecular weight excluding hydrogens is 602 g/mol. The summed E-state index contributed by atoms with van der Waals surface area (Å²) in [6, 6.07) is 17.1. The second kappa shape index (κ2) is 13.5. The quantitative estimate of drug-likeness (QED) is 0.144. The van der Waals surface area contributed by atoms with E-state index in [9.17, 15) is 34.2 Å². The minimum Gasteiger partial charge on any atom is -0.478 e. The summed E-state index contributed by atoms with van der Waals surface area (Å²) in [4.78, 5) is 69.6. The molecule has 3 fully saturated rings. The van der Waals surface area contributed by atoms with Crippen LogP contribution in [0.5, 0.6) is 0 Å². The number of aromatic nitrogens is 1. The first-order valence-electron chi connectivity index (χ1n) is 15.5. The van der Waals surface area contributed by atoms with Gasteiger partial charge in [0, 0.05) is 42.4 Å². The van der Waals surface area contributed by atoms with E-state index in [4.69, 9.17) is 0 Å². The summed E-state index contributed by atoms with van der Waals surface area (Å²) in [5, 5.41) is 28.1. The number of fused-ring (bicyclic) bond motifs is 4. The predicted molar refractivity (Wildman–Crippen MR) is 174 cm³/mol. The second-order valence-electron chi connectivity index (χ2n) is 12.1. The number of carboxylic acid groups (broad SMARTS) is 2. The number of H-pyrrole nitrogens is 1. The molecule has 0 saturated carbocycles. The van der Waals surface area contributed by atoms with Crippen LogP contribution in [0, 0.1) is 11.8 Å². The topological polar surface area (TPSA) is 181 Å². The number of hydrogen-bond donors (Lipinski definition) is 6. The van der Waals surface area contributed by atoms with Crippen molar-refractivity contribution in [2.45, 2.75) is 18.8 Å². The lowest BCUT2D eigenvalue weighted by Gasteiger charge is -2.44. The van der Waals surface area contributed by atoms with Crippen molar-refractivity contribution < 1.29 is 34.2 Å². The number of aromatic amines is 1. The summed E-state index contributed by atoms with van der Waals surface area (Å²) in [6.07, 6.45) is 3.99. The summed E-state index contributed by atoms with van der Waals surface area (Å²) < 4.78 is 0. The number of nitrogens with one attached hydrogen (secondary N) is 4. The number of carbonyl (C=O) groups excluding carboxylic acids is 3. The monoisotopic (exact) mass is 637 g/mol. The van der Waals surface area contributed by atoms with Crippen molar-refractivity contribution >= 4 is 46.3 Å². The molecule has 0 spiro atoms. The fourth-order valence-electron chi connectivity index (χ4n) is 6.63. The third kappa shape index (κ3) is 7.02. The maximum absolute atomic E-state index is 13.7. The van der Waals surface area contributed by atoms with E-state index in [-0.39, 0.29) is 40.4 Å². The first-order valence-corrected chi connectivity index (χ1v) is 15.5. The Balaban J connectivity index is 1.21. The van der Waals surface area contributed by atoms with Crippen molar-refractivity contribution in [1.82, 2.24) is 20.5 Å². The Morgan fingerprint density at radius 2 is 1.49 bits per heavy atom. The molecule has 0 radical (unpaired) electrons. The maximum Gasteiger partial charge on any atom is 0.335 e. The van der Waals surface area contributed by atoms with Crippen LogP contribution in [-0.2, 0) is 4.79 Å². The Morgan fingerprint density at radius 3 is 2.13 bits per heavy atom. The predicted octanol–water partition coefficient (Wildman–Crippen LogP) is 3.79. The Morgan fingerprint density at radius 1 is 0.830 bits per heavy atom. The SMILES string of the molecule is O=C(O)c1cc(NC(=O)C(CNC(=O)c2cc3cc[nH]c3cc2C(=O)NCC2CN3CCC2CC3)c2ccccc2)cc(C(=O)O)c1. The lowest BCUT2D eigenvalue weighted by molar-refractivity contribution is -0.117. The zero-order valence-electron chi connectivity index (χ0n) is 25.5. The Labute approximate surface area is 270 Å². The molecule has 12 heteroatoms. The van der Waals surface area contributed by atoms with Crippen molar-refractivity contribution in [2.24, 2.45) is 11.8 Å². The van der Waals surface area contributed by atoms with Gasteiger partial charge in [0.2, 0.25) is 5.91 Å². The average molecular weight is 638 g/mol. The normalized spacial score (nSPS) is 19.1. The maximum atomic E-state index is 13.7. The van der Waals surface area contributed by atoms with E-state index in [0.29, 0.717) is 29.5 Å². The summed E-state index contributed by atoms with van der Waals surface area (Å²) >= 11 is 0. The molecule has 2 atom stereocenters. The number of rotatable bonds is 11. The highest BCUT2D eigenvalue weighted by Crippen LogP contribution is 2.32. The van der Waals surface area contributed by atoms with Crippen LogP contribution in [0.15, 0.2) is 72.9 Å². The molecule has 4 aromatic rings. The molecule has 242 valence electrons. The highest BCUT2D eigenvalue weighted by molar-refractivity contribution is 6.10. The molecule has 47 heavy (non-hydrogen) atoms. The van der Waals surface area contributed by atoms with Gasteiger partial charge in [-0.1, -0.05) is 30.3 Å². The fourth-order valence-corrected chi connectivity index (χ4v) is 6.63. The van der Waals surface area contributed by atoms with Crippen molar-refractivity contribution in [3.05, 3.63) is 101 Å². The number of piperidine rings is 3. The average Bonchev–Trinajstić information content (AvgIpc) is 3.55. The number of amides is 3. The van der Waals surface area contributed by atoms with Crippen LogP contribution in [-0.4, -0.2) is 82.5 Å². The van der Waals surface area contributed by atoms with E-state index in [1.807, 2.05) is 0 Å². The minimum absolute atomic E-state index is 0.0144. The van der Waals surface area contributed by atoms with Gasteiger partial charge in [-0.25, -0.2) is 9.59 Å². The summed E-state index contributed by atoms with van der Waals surface area (Å²) in [7, 11) is 0. The van der Waals surface area contributed by atoms with Crippen molar-refractivity contribution in [3.63, 3.8) is 0 Å². The largest absolute Gasteiger partial charge is 0.478 e. The molecule has 2 bridgehead atoms. The molecule has 4 heterocycles. The van der Waals surface area contributed by atoms with Gasteiger partial charge in [0.15, 0.2) is 0 Å². The van der Waals surface area contributed by atoms with Gasteiger partial charge in [-0.15, -0.1) is 0 Å². The zero-order chi connectivity index (χ0) is 33.1.